The molecule has 24 heavy (non-hydrogen) atoms. The minimum absolute atomic E-state index is 0.0360. The second-order valence-electron chi connectivity index (χ2n) is 5.08. The lowest BCUT2D eigenvalue weighted by Crippen LogP contribution is -2.65. The van der Waals surface area contributed by atoms with E-state index in [0.717, 1.165) is 4.90 Å². The molecule has 5 atom stereocenters. The molecule has 4 N–H and O–H groups in total. The Labute approximate surface area is 143 Å². The van der Waals surface area contributed by atoms with Crippen molar-refractivity contribution in [3.63, 3.8) is 0 Å². The monoisotopic (exact) mass is 371 g/mol. The molecule has 11 nitrogen and oxygen atoms in total. The number of urea groups is 1. The number of carbonyl (C=O) groups excluding carboxylic acids is 1. The predicted octanol–water partition coefficient (Wildman–Crippen LogP) is -1.92. The fourth-order valence-electron chi connectivity index (χ4n) is 2.26. The first-order valence-electron chi connectivity index (χ1n) is 7.19. The number of hydrogen-bond donors (Lipinski definition) is 4. The van der Waals surface area contributed by atoms with E-state index in [9.17, 15) is 30.1 Å². The van der Waals surface area contributed by atoms with Crippen LogP contribution < -0.4 is 0 Å². The molecular formula is C12H22ClN3O8. The number of carbonyl (C=O) groups is 1. The highest BCUT2D eigenvalue weighted by molar-refractivity contribution is 6.18. The molecule has 1 aliphatic heterocycles. The maximum absolute atomic E-state index is 12.4. The first kappa shape index (κ1) is 21.0. The van der Waals surface area contributed by atoms with Crippen molar-refractivity contribution >= 4 is 17.6 Å². The van der Waals surface area contributed by atoms with Crippen molar-refractivity contribution < 1.29 is 34.7 Å². The minimum atomic E-state index is -1.67. The van der Waals surface area contributed by atoms with E-state index in [1.165, 1.54) is 7.11 Å². The second kappa shape index (κ2) is 10.0. The zero-order valence-electron chi connectivity index (χ0n) is 13.1. The Hall–Kier alpha value is -1.08. The molecule has 1 heterocycles. The molecule has 2 amide bonds. The van der Waals surface area contributed by atoms with Gasteiger partial charge < -0.3 is 29.9 Å². The van der Waals surface area contributed by atoms with Crippen LogP contribution >= 0.6 is 11.6 Å². The lowest BCUT2D eigenvalue weighted by molar-refractivity contribution is -0.258. The van der Waals surface area contributed by atoms with Gasteiger partial charge in [0.25, 0.3) is 0 Å². The average Bonchev–Trinajstić information content (AvgIpc) is 2.59. The van der Waals surface area contributed by atoms with E-state index in [1.54, 1.807) is 0 Å². The molecule has 0 aromatic heterocycles. The fraction of sp³-hybridized carbons (Fsp3) is 0.917. The topological polar surface area (TPSA) is 152 Å². The van der Waals surface area contributed by atoms with Gasteiger partial charge in [-0.15, -0.1) is 16.5 Å². The van der Waals surface area contributed by atoms with E-state index in [0.29, 0.717) is 5.01 Å². The van der Waals surface area contributed by atoms with Crippen LogP contribution in [0, 0.1) is 4.91 Å². The third kappa shape index (κ3) is 4.72. The number of rotatable bonds is 8. The van der Waals surface area contributed by atoms with Crippen LogP contribution in [0.1, 0.15) is 0 Å². The molecule has 140 valence electrons. The normalized spacial score (nSPS) is 30.0. The number of methoxy groups -OCH3 is 1. The number of alkyl halides is 1. The Morgan fingerprint density at radius 3 is 2.42 bits per heavy atom. The van der Waals surface area contributed by atoms with Crippen LogP contribution in [0.15, 0.2) is 5.29 Å². The van der Waals surface area contributed by atoms with Gasteiger partial charge in [-0.3, -0.25) is 4.90 Å². The lowest BCUT2D eigenvalue weighted by Gasteiger charge is -2.44. The standard InChI is InChI=1S/C12H22ClN3O8/c1-23-5-4-15(12(21)16(14-22)3-2-13)11-10(20)9(19)8(18)7(6-17)24-11/h7-11,17-20H,2-6H2,1H3/t7-,8+,9+,10-,11-/m1/s1. The van der Waals surface area contributed by atoms with Gasteiger partial charge in [-0.1, -0.05) is 0 Å². The molecule has 0 aliphatic carbocycles. The summed E-state index contributed by atoms with van der Waals surface area (Å²) in [6, 6.07) is -0.924. The summed E-state index contributed by atoms with van der Waals surface area (Å²) in [5.41, 5.74) is 0. The number of ether oxygens (including phenoxy) is 2. The molecule has 0 saturated carbocycles. The van der Waals surface area contributed by atoms with Gasteiger partial charge in [0.15, 0.2) is 6.23 Å². The van der Waals surface area contributed by atoms with Crippen LogP contribution in [-0.2, 0) is 9.47 Å². The Balaban J connectivity index is 3.04. The van der Waals surface area contributed by atoms with Crippen LogP contribution in [-0.4, -0.2) is 106 Å². The molecule has 0 aromatic carbocycles. The molecule has 1 aliphatic rings. The smallest absolute Gasteiger partial charge is 0.345 e. The third-order valence-electron chi connectivity index (χ3n) is 3.57. The largest absolute Gasteiger partial charge is 0.394 e. The van der Waals surface area contributed by atoms with Gasteiger partial charge in [0.05, 0.1) is 25.0 Å². The van der Waals surface area contributed by atoms with Gasteiger partial charge in [0.1, 0.15) is 24.4 Å². The molecule has 0 bridgehead atoms. The maximum Gasteiger partial charge on any atom is 0.345 e. The van der Waals surface area contributed by atoms with E-state index in [2.05, 4.69) is 5.29 Å². The van der Waals surface area contributed by atoms with Crippen molar-refractivity contribution in [1.29, 1.82) is 0 Å². The van der Waals surface area contributed by atoms with Crippen LogP contribution in [0.2, 0.25) is 0 Å². The van der Waals surface area contributed by atoms with Gasteiger partial charge in [0, 0.05) is 19.5 Å². The van der Waals surface area contributed by atoms with Crippen LogP contribution in [0.3, 0.4) is 0 Å². The number of nitrogens with zero attached hydrogens (tertiary/aromatic N) is 3. The number of nitroso groups, excluding NO2 is 1. The molecule has 1 rings (SSSR count). The van der Waals surface area contributed by atoms with E-state index in [-0.39, 0.29) is 25.6 Å². The molecule has 1 fully saturated rings. The summed E-state index contributed by atoms with van der Waals surface area (Å²) in [4.78, 5) is 24.2. The van der Waals surface area contributed by atoms with Crippen molar-refractivity contribution in [3.05, 3.63) is 4.91 Å². The van der Waals surface area contributed by atoms with Crippen molar-refractivity contribution in [2.24, 2.45) is 5.29 Å². The first-order chi connectivity index (χ1) is 11.4. The first-order valence-corrected chi connectivity index (χ1v) is 7.73. The predicted molar refractivity (Wildman–Crippen MR) is 81.0 cm³/mol. The number of aliphatic hydroxyl groups is 4. The number of hydrogen-bond acceptors (Lipinski definition) is 9. The summed E-state index contributed by atoms with van der Waals surface area (Å²) in [6.07, 6.45) is -7.53. The second-order valence-corrected chi connectivity index (χ2v) is 5.46. The van der Waals surface area contributed by atoms with Gasteiger partial charge in [0.2, 0.25) is 0 Å². The summed E-state index contributed by atoms with van der Waals surface area (Å²) < 4.78 is 10.2. The summed E-state index contributed by atoms with van der Waals surface area (Å²) in [5, 5.41) is 42.1. The molecule has 0 spiro atoms. The Morgan fingerprint density at radius 1 is 1.25 bits per heavy atom. The highest BCUT2D eigenvalue weighted by Crippen LogP contribution is 2.24. The van der Waals surface area contributed by atoms with Crippen molar-refractivity contribution in [1.82, 2.24) is 9.91 Å². The Morgan fingerprint density at radius 2 is 1.92 bits per heavy atom. The van der Waals surface area contributed by atoms with E-state index < -0.39 is 43.3 Å². The van der Waals surface area contributed by atoms with Crippen LogP contribution in [0.5, 0.6) is 0 Å². The highest BCUT2D eigenvalue weighted by atomic mass is 35.5. The van der Waals surface area contributed by atoms with Crippen LogP contribution in [0.4, 0.5) is 4.79 Å². The molecule has 0 unspecified atom stereocenters. The number of halogens is 1. The summed E-state index contributed by atoms with van der Waals surface area (Å²) in [6.45, 7) is -0.892. The zero-order valence-corrected chi connectivity index (χ0v) is 13.8. The highest BCUT2D eigenvalue weighted by Gasteiger charge is 2.47. The zero-order chi connectivity index (χ0) is 18.3. The van der Waals surface area contributed by atoms with Crippen molar-refractivity contribution in [2.45, 2.75) is 30.6 Å². The summed E-state index contributed by atoms with van der Waals surface area (Å²) in [7, 11) is 1.38. The van der Waals surface area contributed by atoms with Crippen molar-refractivity contribution in [3.8, 4) is 0 Å². The summed E-state index contributed by atoms with van der Waals surface area (Å²) in [5.74, 6) is -0.0513. The van der Waals surface area contributed by atoms with Gasteiger partial charge in [-0.2, -0.15) is 5.01 Å². The third-order valence-corrected chi connectivity index (χ3v) is 3.74. The van der Waals surface area contributed by atoms with E-state index in [1.807, 2.05) is 0 Å². The number of aliphatic hydroxyl groups excluding tert-OH is 4. The quantitative estimate of drug-likeness (QED) is 0.219. The SMILES string of the molecule is COCCN(C(=O)N(CCCl)N=O)[C@@H]1O[C@H](CO)[C@H](O)[C@H](O)[C@H]1O. The van der Waals surface area contributed by atoms with Gasteiger partial charge >= 0.3 is 6.03 Å². The number of amides is 2. The average molecular weight is 372 g/mol. The molecule has 0 radical (unpaired) electrons. The fourth-order valence-corrected chi connectivity index (χ4v) is 2.42. The minimum Gasteiger partial charge on any atom is -0.394 e. The van der Waals surface area contributed by atoms with Gasteiger partial charge in [-0.25, -0.2) is 4.79 Å². The lowest BCUT2D eigenvalue weighted by atomic mass is 9.98. The molecule has 12 heteroatoms. The maximum atomic E-state index is 12.4. The van der Waals surface area contributed by atoms with Crippen LogP contribution in [0.25, 0.3) is 0 Å². The molecular weight excluding hydrogens is 350 g/mol. The van der Waals surface area contributed by atoms with Crippen molar-refractivity contribution in [2.75, 3.05) is 39.3 Å². The van der Waals surface area contributed by atoms with Gasteiger partial charge in [-0.05, 0) is 0 Å². The Kier molecular flexibility index (Phi) is 8.76. The summed E-state index contributed by atoms with van der Waals surface area (Å²) >= 11 is 5.51. The van der Waals surface area contributed by atoms with E-state index in [4.69, 9.17) is 21.1 Å². The molecule has 1 saturated heterocycles. The van der Waals surface area contributed by atoms with E-state index >= 15 is 0 Å². The molecule has 0 aromatic rings. The Bertz CT molecular complexity index is 416.